The van der Waals surface area contributed by atoms with Crippen LogP contribution in [0.15, 0.2) is 69.2 Å². The average Bonchev–Trinajstić information content (AvgIpc) is 3.27. The zero-order valence-electron chi connectivity index (χ0n) is 16.8. The molecule has 0 aliphatic rings. The lowest BCUT2D eigenvalue weighted by molar-refractivity contribution is 0.563. The van der Waals surface area contributed by atoms with E-state index in [1.165, 1.54) is 11.3 Å². The molecule has 3 heterocycles. The van der Waals surface area contributed by atoms with Crippen molar-refractivity contribution in [1.29, 1.82) is 5.26 Å². The van der Waals surface area contributed by atoms with Gasteiger partial charge in [-0.3, -0.25) is 0 Å². The van der Waals surface area contributed by atoms with Crippen molar-refractivity contribution < 1.29 is 4.42 Å². The molecule has 0 spiro atoms. The van der Waals surface area contributed by atoms with Crippen LogP contribution in [0.1, 0.15) is 16.1 Å². The molecule has 0 aliphatic heterocycles. The fourth-order valence-electron chi connectivity index (χ4n) is 3.50. The minimum absolute atomic E-state index is 0.312. The van der Waals surface area contributed by atoms with E-state index >= 15 is 0 Å². The van der Waals surface area contributed by atoms with Gasteiger partial charge in [0, 0.05) is 21.7 Å². The van der Waals surface area contributed by atoms with Crippen LogP contribution in [0.4, 0.5) is 0 Å². The quantitative estimate of drug-likeness (QED) is 0.176. The second-order valence-electron chi connectivity index (χ2n) is 7.21. The lowest BCUT2D eigenvalue weighted by atomic mass is 10.1. The van der Waals surface area contributed by atoms with E-state index in [-0.39, 0.29) is 0 Å². The zero-order valence-corrected chi connectivity index (χ0v) is 18.4. The third-order valence-corrected chi connectivity index (χ3v) is 6.28. The van der Waals surface area contributed by atoms with E-state index < -0.39 is 5.63 Å². The van der Waals surface area contributed by atoms with E-state index in [1.54, 1.807) is 23.6 Å². The number of allylic oxidation sites excluding steroid dienone is 1. The SMILES string of the molecule is Cc1cccc2cc(/C=C(\C#N)c3nc(-c4cc5ccccc5oc4=O)cs3)c(Cl)nc12. The van der Waals surface area contributed by atoms with Gasteiger partial charge in [-0.15, -0.1) is 11.3 Å². The maximum absolute atomic E-state index is 12.5. The summed E-state index contributed by atoms with van der Waals surface area (Å²) in [6.07, 6.45) is 1.67. The molecule has 0 N–H and O–H groups in total. The van der Waals surface area contributed by atoms with Gasteiger partial charge < -0.3 is 4.42 Å². The van der Waals surface area contributed by atoms with Crippen molar-refractivity contribution in [2.24, 2.45) is 0 Å². The molecular formula is C25H14ClN3O2S. The fraction of sp³-hybridized carbons (Fsp3) is 0.0400. The first-order valence-electron chi connectivity index (χ1n) is 9.70. The predicted molar refractivity (Wildman–Crippen MR) is 129 cm³/mol. The molecular weight excluding hydrogens is 442 g/mol. The Kier molecular flexibility index (Phi) is 5.06. The lowest BCUT2D eigenvalue weighted by Gasteiger charge is -2.05. The van der Waals surface area contributed by atoms with Crippen molar-refractivity contribution >= 4 is 56.5 Å². The minimum Gasteiger partial charge on any atom is -0.422 e. The van der Waals surface area contributed by atoms with Gasteiger partial charge in [-0.25, -0.2) is 14.8 Å². The highest BCUT2D eigenvalue weighted by molar-refractivity contribution is 7.11. The van der Waals surface area contributed by atoms with Crippen molar-refractivity contribution in [3.05, 3.63) is 91.7 Å². The van der Waals surface area contributed by atoms with Gasteiger partial charge >= 0.3 is 5.63 Å². The summed E-state index contributed by atoms with van der Waals surface area (Å²) in [5.41, 5.74) is 3.67. The number of aromatic nitrogens is 2. The first-order chi connectivity index (χ1) is 15.5. The molecule has 0 bridgehead atoms. The number of nitriles is 1. The molecule has 0 fully saturated rings. The Morgan fingerprint density at radius 2 is 1.94 bits per heavy atom. The number of thiazole rings is 1. The average molecular weight is 456 g/mol. The summed E-state index contributed by atoms with van der Waals surface area (Å²) in [5.74, 6) is 0. The topological polar surface area (TPSA) is 79.8 Å². The molecule has 0 aliphatic carbocycles. The molecule has 7 heteroatoms. The van der Waals surface area contributed by atoms with Crippen molar-refractivity contribution in [3.63, 3.8) is 0 Å². The Bertz CT molecular complexity index is 1640. The molecule has 2 aromatic carbocycles. The van der Waals surface area contributed by atoms with Crippen LogP contribution in [0.2, 0.25) is 5.15 Å². The number of nitrogens with zero attached hydrogens (tertiary/aromatic N) is 3. The highest BCUT2D eigenvalue weighted by Gasteiger charge is 2.15. The van der Waals surface area contributed by atoms with Crippen LogP contribution in [0.5, 0.6) is 0 Å². The van der Waals surface area contributed by atoms with Gasteiger partial charge in [0.2, 0.25) is 0 Å². The second-order valence-corrected chi connectivity index (χ2v) is 8.42. The van der Waals surface area contributed by atoms with Crippen LogP contribution in [0.3, 0.4) is 0 Å². The molecule has 32 heavy (non-hydrogen) atoms. The summed E-state index contributed by atoms with van der Waals surface area (Å²) in [6.45, 7) is 1.97. The van der Waals surface area contributed by atoms with Crippen LogP contribution >= 0.6 is 22.9 Å². The number of fused-ring (bicyclic) bond motifs is 2. The first kappa shape index (κ1) is 20.1. The first-order valence-corrected chi connectivity index (χ1v) is 11.0. The van der Waals surface area contributed by atoms with Gasteiger partial charge in [0.1, 0.15) is 21.8 Å². The summed E-state index contributed by atoms with van der Waals surface area (Å²) in [6, 6.07) is 19.0. The Hall–Kier alpha value is -3.79. The smallest absolute Gasteiger partial charge is 0.345 e. The second kappa shape index (κ2) is 8.04. The number of halogens is 1. The van der Waals surface area contributed by atoms with E-state index in [1.807, 2.05) is 49.4 Å². The summed E-state index contributed by atoms with van der Waals surface area (Å²) < 4.78 is 5.41. The van der Waals surface area contributed by atoms with E-state index in [4.69, 9.17) is 16.0 Å². The highest BCUT2D eigenvalue weighted by Crippen LogP contribution is 2.30. The number of hydrogen-bond acceptors (Lipinski definition) is 6. The van der Waals surface area contributed by atoms with Gasteiger partial charge in [-0.2, -0.15) is 5.26 Å². The number of rotatable bonds is 3. The summed E-state index contributed by atoms with van der Waals surface area (Å²) in [4.78, 5) is 21.5. The summed E-state index contributed by atoms with van der Waals surface area (Å²) in [7, 11) is 0. The predicted octanol–water partition coefficient (Wildman–Crippen LogP) is 6.49. The van der Waals surface area contributed by atoms with Gasteiger partial charge in [-0.05, 0) is 36.8 Å². The molecule has 0 radical (unpaired) electrons. The summed E-state index contributed by atoms with van der Waals surface area (Å²) >= 11 is 7.68. The molecule has 5 aromatic rings. The van der Waals surface area contributed by atoms with Crippen LogP contribution < -0.4 is 5.63 Å². The molecule has 5 rings (SSSR count). The number of para-hydroxylation sites is 2. The monoisotopic (exact) mass is 455 g/mol. The van der Waals surface area contributed by atoms with Crippen molar-refractivity contribution in [2.75, 3.05) is 0 Å². The van der Waals surface area contributed by atoms with Gasteiger partial charge in [0.25, 0.3) is 0 Å². The summed E-state index contributed by atoms with van der Waals surface area (Å²) in [5, 5.41) is 14.0. The number of hydrogen-bond donors (Lipinski definition) is 0. The molecule has 0 unspecified atom stereocenters. The third kappa shape index (κ3) is 3.58. The minimum atomic E-state index is -0.472. The van der Waals surface area contributed by atoms with Crippen molar-refractivity contribution in [3.8, 4) is 17.3 Å². The number of benzene rings is 2. The van der Waals surface area contributed by atoms with E-state index in [2.05, 4.69) is 16.0 Å². The maximum atomic E-state index is 12.5. The Morgan fingerprint density at radius 1 is 1.12 bits per heavy atom. The number of pyridine rings is 1. The van der Waals surface area contributed by atoms with Crippen molar-refractivity contribution in [1.82, 2.24) is 9.97 Å². The lowest BCUT2D eigenvalue weighted by Crippen LogP contribution is -2.02. The molecule has 3 aromatic heterocycles. The number of aryl methyl sites for hydroxylation is 1. The van der Waals surface area contributed by atoms with Crippen LogP contribution in [-0.4, -0.2) is 9.97 Å². The molecule has 0 saturated carbocycles. The largest absolute Gasteiger partial charge is 0.422 e. The molecule has 5 nitrogen and oxygen atoms in total. The molecule has 0 atom stereocenters. The molecule has 0 saturated heterocycles. The van der Waals surface area contributed by atoms with Crippen LogP contribution in [0, 0.1) is 18.3 Å². The normalized spacial score (nSPS) is 11.7. The van der Waals surface area contributed by atoms with E-state index in [9.17, 15) is 10.1 Å². The zero-order chi connectivity index (χ0) is 22.2. The van der Waals surface area contributed by atoms with Gasteiger partial charge in [0.15, 0.2) is 0 Å². The van der Waals surface area contributed by atoms with Crippen molar-refractivity contribution in [2.45, 2.75) is 6.92 Å². The van der Waals surface area contributed by atoms with E-state index in [0.717, 1.165) is 21.9 Å². The van der Waals surface area contributed by atoms with E-state index in [0.29, 0.717) is 38.1 Å². The van der Waals surface area contributed by atoms with Gasteiger partial charge in [0.05, 0.1) is 22.3 Å². The molecule has 0 amide bonds. The molecule has 154 valence electrons. The highest BCUT2D eigenvalue weighted by atomic mass is 35.5. The Balaban J connectivity index is 1.57. The Morgan fingerprint density at radius 3 is 2.78 bits per heavy atom. The Labute approximate surface area is 191 Å². The standard InChI is InChI=1S/C25H14ClN3O2S/c1-14-5-4-7-16-9-17(23(26)29-22(14)16)10-18(12-27)24-28-20(13-32-24)19-11-15-6-2-3-8-21(15)31-25(19)30/h2-11,13H,1H3/b18-10+. The fourth-order valence-corrected chi connectivity index (χ4v) is 4.48. The van der Waals surface area contributed by atoms with Gasteiger partial charge in [-0.1, -0.05) is 48.0 Å². The maximum Gasteiger partial charge on any atom is 0.345 e. The van der Waals surface area contributed by atoms with Crippen LogP contribution in [0.25, 0.3) is 44.8 Å². The van der Waals surface area contributed by atoms with Crippen LogP contribution in [-0.2, 0) is 0 Å². The third-order valence-electron chi connectivity index (χ3n) is 5.10.